The molecule has 2 unspecified atom stereocenters. The second-order valence-electron chi connectivity index (χ2n) is 5.21. The van der Waals surface area contributed by atoms with E-state index in [2.05, 4.69) is 39.0 Å². The van der Waals surface area contributed by atoms with Gasteiger partial charge >= 0.3 is 0 Å². The molecule has 2 heterocycles. The summed E-state index contributed by atoms with van der Waals surface area (Å²) in [6.45, 7) is 7.71. The Balaban J connectivity index is 2.24. The summed E-state index contributed by atoms with van der Waals surface area (Å²) in [7, 11) is 0. The SMILES string of the molecule is CC1=CC=C2OCC3(C)CSC(=C1)C23C. The largest absolute Gasteiger partial charge is 0.496 e. The number of hydrogen-bond acceptors (Lipinski definition) is 2. The summed E-state index contributed by atoms with van der Waals surface area (Å²) < 4.78 is 5.89. The predicted octanol–water partition coefficient (Wildman–Crippen LogP) is 3.50. The van der Waals surface area contributed by atoms with Gasteiger partial charge in [-0.05, 0) is 30.9 Å². The fourth-order valence-electron chi connectivity index (χ4n) is 2.67. The Bertz CT molecular complexity index is 418. The van der Waals surface area contributed by atoms with Gasteiger partial charge < -0.3 is 4.74 Å². The molecule has 0 saturated carbocycles. The summed E-state index contributed by atoms with van der Waals surface area (Å²) in [6.07, 6.45) is 6.66. The van der Waals surface area contributed by atoms with Gasteiger partial charge in [-0.15, -0.1) is 11.8 Å². The lowest BCUT2D eigenvalue weighted by Crippen LogP contribution is -2.32. The lowest BCUT2D eigenvalue weighted by Gasteiger charge is -2.30. The van der Waals surface area contributed by atoms with E-state index in [1.807, 2.05) is 11.8 Å². The van der Waals surface area contributed by atoms with Gasteiger partial charge in [0, 0.05) is 11.2 Å². The molecule has 0 spiro atoms. The molecule has 2 aliphatic heterocycles. The van der Waals surface area contributed by atoms with Crippen molar-refractivity contribution in [1.82, 2.24) is 0 Å². The van der Waals surface area contributed by atoms with Crippen LogP contribution in [0.2, 0.25) is 0 Å². The van der Waals surface area contributed by atoms with Crippen LogP contribution in [0.3, 0.4) is 0 Å². The fourth-order valence-corrected chi connectivity index (χ4v) is 4.42. The minimum Gasteiger partial charge on any atom is -0.496 e. The van der Waals surface area contributed by atoms with Crippen molar-refractivity contribution in [3.8, 4) is 0 Å². The normalized spacial score (nSPS) is 42.5. The van der Waals surface area contributed by atoms with Crippen LogP contribution in [-0.2, 0) is 4.74 Å². The van der Waals surface area contributed by atoms with Gasteiger partial charge in [0.25, 0.3) is 0 Å². The van der Waals surface area contributed by atoms with E-state index in [1.165, 1.54) is 16.2 Å². The van der Waals surface area contributed by atoms with E-state index in [0.29, 0.717) is 0 Å². The van der Waals surface area contributed by atoms with Gasteiger partial charge in [-0.3, -0.25) is 0 Å². The molecule has 0 bridgehead atoms. The van der Waals surface area contributed by atoms with Gasteiger partial charge in [0.05, 0.1) is 12.0 Å². The van der Waals surface area contributed by atoms with E-state index in [9.17, 15) is 0 Å². The number of allylic oxidation sites excluding steroid dienone is 5. The summed E-state index contributed by atoms with van der Waals surface area (Å²) in [6, 6.07) is 0. The van der Waals surface area contributed by atoms with Crippen LogP contribution >= 0.6 is 11.8 Å². The van der Waals surface area contributed by atoms with Crippen molar-refractivity contribution in [3.05, 3.63) is 34.5 Å². The molecule has 0 aromatic heterocycles. The molecule has 0 aromatic rings. The van der Waals surface area contributed by atoms with E-state index < -0.39 is 0 Å². The predicted molar refractivity (Wildman–Crippen MR) is 64.5 cm³/mol. The maximum absolute atomic E-state index is 5.89. The number of thioether (sulfide) groups is 1. The third-order valence-corrected chi connectivity index (χ3v) is 5.76. The first-order chi connectivity index (χ1) is 7.06. The maximum atomic E-state index is 5.89. The second-order valence-corrected chi connectivity index (χ2v) is 6.23. The van der Waals surface area contributed by atoms with E-state index >= 15 is 0 Å². The number of hydrogen-bond donors (Lipinski definition) is 0. The molecular weight excluding hydrogens is 204 g/mol. The molecular formula is C13H16OS. The summed E-state index contributed by atoms with van der Waals surface area (Å²) in [5.41, 5.74) is 1.74. The van der Waals surface area contributed by atoms with Crippen LogP contribution in [-0.4, -0.2) is 12.4 Å². The zero-order valence-corrected chi connectivity index (χ0v) is 10.3. The van der Waals surface area contributed by atoms with Crippen molar-refractivity contribution in [2.24, 2.45) is 10.8 Å². The standard InChI is InChI=1S/C13H16OS/c1-9-4-5-10-13(3)11(6-9)15-8-12(13,2)7-14-10/h4-6H,7-8H2,1-3H3. The first-order valence-electron chi connectivity index (χ1n) is 5.43. The minimum atomic E-state index is 0.131. The second kappa shape index (κ2) is 2.73. The molecule has 1 aliphatic carbocycles. The Morgan fingerprint density at radius 3 is 2.93 bits per heavy atom. The van der Waals surface area contributed by atoms with Crippen LogP contribution in [0.1, 0.15) is 20.8 Å². The molecule has 1 nitrogen and oxygen atoms in total. The third-order valence-electron chi connectivity index (χ3n) is 4.14. The highest BCUT2D eigenvalue weighted by atomic mass is 32.2. The van der Waals surface area contributed by atoms with Gasteiger partial charge in [-0.25, -0.2) is 0 Å². The van der Waals surface area contributed by atoms with Crippen LogP contribution in [0.15, 0.2) is 34.5 Å². The average molecular weight is 220 g/mol. The molecule has 3 rings (SSSR count). The van der Waals surface area contributed by atoms with Gasteiger partial charge in [0.15, 0.2) is 0 Å². The highest BCUT2D eigenvalue weighted by molar-refractivity contribution is 8.03. The molecule has 2 heteroatoms. The highest BCUT2D eigenvalue weighted by Gasteiger charge is 2.60. The lowest BCUT2D eigenvalue weighted by atomic mass is 9.67. The summed E-state index contributed by atoms with van der Waals surface area (Å²) in [4.78, 5) is 1.49. The van der Waals surface area contributed by atoms with Crippen LogP contribution in [0.25, 0.3) is 0 Å². The summed E-state index contributed by atoms with van der Waals surface area (Å²) in [5, 5.41) is 0. The van der Waals surface area contributed by atoms with Crippen molar-refractivity contribution in [2.45, 2.75) is 20.8 Å². The van der Waals surface area contributed by atoms with Crippen LogP contribution in [0.4, 0.5) is 0 Å². The van der Waals surface area contributed by atoms with E-state index in [1.54, 1.807) is 0 Å². The van der Waals surface area contributed by atoms with E-state index in [0.717, 1.165) is 12.4 Å². The van der Waals surface area contributed by atoms with Crippen molar-refractivity contribution in [3.63, 3.8) is 0 Å². The highest BCUT2D eigenvalue weighted by Crippen LogP contribution is 2.65. The summed E-state index contributed by atoms with van der Waals surface area (Å²) >= 11 is 2.00. The van der Waals surface area contributed by atoms with Crippen molar-refractivity contribution >= 4 is 11.8 Å². The molecule has 0 aromatic carbocycles. The fraction of sp³-hybridized carbons (Fsp3) is 0.538. The van der Waals surface area contributed by atoms with Crippen molar-refractivity contribution in [2.75, 3.05) is 12.4 Å². The van der Waals surface area contributed by atoms with Gasteiger partial charge in [0.1, 0.15) is 5.76 Å². The number of rotatable bonds is 0. The minimum absolute atomic E-state index is 0.131. The zero-order chi connectivity index (χ0) is 10.7. The third kappa shape index (κ3) is 1.01. The molecule has 2 fully saturated rings. The van der Waals surface area contributed by atoms with Gasteiger partial charge in [-0.2, -0.15) is 0 Å². The Labute approximate surface area is 95.3 Å². The quantitative estimate of drug-likeness (QED) is 0.618. The smallest absolute Gasteiger partial charge is 0.107 e. The Hall–Kier alpha value is -0.630. The van der Waals surface area contributed by atoms with E-state index in [4.69, 9.17) is 4.74 Å². The van der Waals surface area contributed by atoms with Gasteiger partial charge in [0.2, 0.25) is 0 Å². The maximum Gasteiger partial charge on any atom is 0.107 e. The van der Waals surface area contributed by atoms with Crippen LogP contribution in [0, 0.1) is 10.8 Å². The van der Waals surface area contributed by atoms with Crippen LogP contribution < -0.4 is 0 Å². The van der Waals surface area contributed by atoms with E-state index in [-0.39, 0.29) is 10.8 Å². The van der Waals surface area contributed by atoms with Crippen molar-refractivity contribution in [1.29, 1.82) is 0 Å². The average Bonchev–Trinajstić information content (AvgIpc) is 2.52. The van der Waals surface area contributed by atoms with Crippen molar-refractivity contribution < 1.29 is 4.74 Å². The summed E-state index contributed by atoms with van der Waals surface area (Å²) in [5.74, 6) is 2.35. The zero-order valence-electron chi connectivity index (χ0n) is 9.46. The molecule has 0 radical (unpaired) electrons. The Kier molecular flexibility index (Phi) is 1.75. The monoisotopic (exact) mass is 220 g/mol. The topological polar surface area (TPSA) is 9.23 Å². The molecule has 15 heavy (non-hydrogen) atoms. The first kappa shape index (κ1) is 9.59. The lowest BCUT2D eigenvalue weighted by molar-refractivity contribution is 0.198. The first-order valence-corrected chi connectivity index (χ1v) is 6.42. The molecule has 2 saturated heterocycles. The molecule has 2 atom stereocenters. The molecule has 0 N–H and O–H groups in total. The Morgan fingerprint density at radius 1 is 1.33 bits per heavy atom. The Morgan fingerprint density at radius 2 is 2.13 bits per heavy atom. The van der Waals surface area contributed by atoms with Crippen LogP contribution in [0.5, 0.6) is 0 Å². The molecule has 3 aliphatic rings. The molecule has 80 valence electrons. The van der Waals surface area contributed by atoms with Gasteiger partial charge in [-0.1, -0.05) is 18.6 Å². The molecule has 0 amide bonds. The number of ether oxygens (including phenoxy) is 1.